The molecule has 18 heavy (non-hydrogen) atoms. The molecule has 2 nitrogen and oxygen atoms in total. The summed E-state index contributed by atoms with van der Waals surface area (Å²) in [6, 6.07) is 7.78. The second kappa shape index (κ2) is 5.75. The highest BCUT2D eigenvalue weighted by Gasteiger charge is 2.10. The summed E-state index contributed by atoms with van der Waals surface area (Å²) in [5.41, 5.74) is 0.533. The molecule has 0 atom stereocenters. The van der Waals surface area contributed by atoms with Crippen molar-refractivity contribution in [2.24, 2.45) is 0 Å². The molecular formula is C12H8Br2F2N2. The predicted octanol–water partition coefficient (Wildman–Crippen LogP) is 4.50. The Morgan fingerprint density at radius 3 is 2.39 bits per heavy atom. The molecule has 0 spiro atoms. The molecule has 0 saturated carbocycles. The lowest BCUT2D eigenvalue weighted by molar-refractivity contribution is 0.586. The Balaban J connectivity index is 2.16. The first-order chi connectivity index (χ1) is 8.56. The van der Waals surface area contributed by atoms with Gasteiger partial charge >= 0.3 is 0 Å². The Bertz CT molecular complexity index is 553. The van der Waals surface area contributed by atoms with Gasteiger partial charge in [-0.3, -0.25) is 0 Å². The van der Waals surface area contributed by atoms with Gasteiger partial charge in [-0.1, -0.05) is 22.0 Å². The molecule has 2 rings (SSSR count). The van der Waals surface area contributed by atoms with Crippen molar-refractivity contribution in [3.63, 3.8) is 0 Å². The lowest BCUT2D eigenvalue weighted by Gasteiger charge is -2.09. The SMILES string of the molecule is Fc1cc(Br)cc(F)c1NCc1cccc(Br)n1. The minimum Gasteiger partial charge on any atom is -0.375 e. The fourth-order valence-electron chi connectivity index (χ4n) is 1.44. The summed E-state index contributed by atoms with van der Waals surface area (Å²) in [5, 5.41) is 2.70. The molecule has 1 aromatic heterocycles. The van der Waals surface area contributed by atoms with Crippen molar-refractivity contribution >= 4 is 37.5 Å². The first kappa shape index (κ1) is 13.4. The van der Waals surface area contributed by atoms with E-state index in [1.54, 1.807) is 12.1 Å². The Labute approximate surface area is 120 Å². The minimum absolute atomic E-state index is 0.153. The highest BCUT2D eigenvalue weighted by atomic mass is 79.9. The zero-order valence-corrected chi connectivity index (χ0v) is 12.2. The highest BCUT2D eigenvalue weighted by Crippen LogP contribution is 2.24. The molecule has 0 unspecified atom stereocenters. The number of hydrogen-bond acceptors (Lipinski definition) is 2. The lowest BCUT2D eigenvalue weighted by Crippen LogP contribution is -2.05. The van der Waals surface area contributed by atoms with Crippen LogP contribution in [0.5, 0.6) is 0 Å². The van der Waals surface area contributed by atoms with Crippen LogP contribution in [-0.2, 0) is 6.54 Å². The molecule has 1 aromatic carbocycles. The summed E-state index contributed by atoms with van der Waals surface area (Å²) in [6.07, 6.45) is 0. The zero-order chi connectivity index (χ0) is 13.1. The summed E-state index contributed by atoms with van der Waals surface area (Å²) in [7, 11) is 0. The third-order valence-corrected chi connectivity index (χ3v) is 3.13. The summed E-state index contributed by atoms with van der Waals surface area (Å²) in [4.78, 5) is 4.17. The van der Waals surface area contributed by atoms with Crippen LogP contribution in [0.4, 0.5) is 14.5 Å². The lowest BCUT2D eigenvalue weighted by atomic mass is 10.2. The first-order valence-electron chi connectivity index (χ1n) is 5.06. The van der Waals surface area contributed by atoms with Crippen molar-refractivity contribution in [2.75, 3.05) is 5.32 Å². The van der Waals surface area contributed by atoms with E-state index in [1.165, 1.54) is 12.1 Å². The number of benzene rings is 1. The molecule has 94 valence electrons. The van der Waals surface area contributed by atoms with Gasteiger partial charge in [0.05, 0.1) is 12.2 Å². The molecule has 0 fully saturated rings. The number of nitrogens with zero attached hydrogens (tertiary/aromatic N) is 1. The molecule has 0 bridgehead atoms. The monoisotopic (exact) mass is 376 g/mol. The summed E-state index contributed by atoms with van der Waals surface area (Å²) < 4.78 is 28.1. The average Bonchev–Trinajstić information content (AvgIpc) is 2.27. The number of anilines is 1. The Morgan fingerprint density at radius 2 is 1.78 bits per heavy atom. The summed E-state index contributed by atoms with van der Waals surface area (Å²) in [6.45, 7) is 0.245. The predicted molar refractivity (Wildman–Crippen MR) is 73.3 cm³/mol. The van der Waals surface area contributed by atoms with Crippen LogP contribution >= 0.6 is 31.9 Å². The van der Waals surface area contributed by atoms with Gasteiger partial charge in [-0.25, -0.2) is 13.8 Å². The molecule has 0 aliphatic carbocycles. The van der Waals surface area contributed by atoms with Gasteiger partial charge in [-0.15, -0.1) is 0 Å². The number of rotatable bonds is 3. The van der Waals surface area contributed by atoms with Crippen molar-refractivity contribution in [1.29, 1.82) is 0 Å². The topological polar surface area (TPSA) is 24.9 Å². The van der Waals surface area contributed by atoms with E-state index >= 15 is 0 Å². The molecule has 6 heteroatoms. The Morgan fingerprint density at radius 1 is 1.11 bits per heavy atom. The fraction of sp³-hybridized carbons (Fsp3) is 0.0833. The average molecular weight is 378 g/mol. The van der Waals surface area contributed by atoms with Gasteiger partial charge in [-0.05, 0) is 40.2 Å². The third-order valence-electron chi connectivity index (χ3n) is 2.23. The van der Waals surface area contributed by atoms with Gasteiger partial charge in [0.1, 0.15) is 21.9 Å². The van der Waals surface area contributed by atoms with Crippen LogP contribution in [0.2, 0.25) is 0 Å². The smallest absolute Gasteiger partial charge is 0.150 e. The van der Waals surface area contributed by atoms with E-state index in [1.807, 2.05) is 6.07 Å². The maximum atomic E-state index is 13.5. The molecule has 0 amide bonds. The van der Waals surface area contributed by atoms with E-state index < -0.39 is 11.6 Å². The molecule has 0 aliphatic rings. The Hall–Kier alpha value is -1.01. The number of halogens is 4. The van der Waals surface area contributed by atoms with Crippen LogP contribution in [0.3, 0.4) is 0 Å². The van der Waals surface area contributed by atoms with Crippen LogP contribution in [0.25, 0.3) is 0 Å². The van der Waals surface area contributed by atoms with Gasteiger partial charge in [0, 0.05) is 4.47 Å². The van der Waals surface area contributed by atoms with Crippen molar-refractivity contribution in [1.82, 2.24) is 4.98 Å². The first-order valence-corrected chi connectivity index (χ1v) is 6.64. The van der Waals surface area contributed by atoms with Crippen molar-refractivity contribution in [3.8, 4) is 0 Å². The van der Waals surface area contributed by atoms with Crippen molar-refractivity contribution < 1.29 is 8.78 Å². The van der Waals surface area contributed by atoms with Gasteiger partial charge in [0.15, 0.2) is 0 Å². The third kappa shape index (κ3) is 3.26. The van der Waals surface area contributed by atoms with E-state index in [9.17, 15) is 8.78 Å². The van der Waals surface area contributed by atoms with E-state index in [2.05, 4.69) is 42.2 Å². The van der Waals surface area contributed by atoms with Crippen LogP contribution in [0, 0.1) is 11.6 Å². The number of pyridine rings is 1. The van der Waals surface area contributed by atoms with Crippen molar-refractivity contribution in [3.05, 3.63) is 56.7 Å². The maximum absolute atomic E-state index is 13.5. The normalized spacial score (nSPS) is 10.4. The van der Waals surface area contributed by atoms with Crippen LogP contribution in [-0.4, -0.2) is 4.98 Å². The van der Waals surface area contributed by atoms with E-state index in [0.29, 0.717) is 14.8 Å². The van der Waals surface area contributed by atoms with E-state index in [0.717, 1.165) is 0 Å². The number of hydrogen-bond donors (Lipinski definition) is 1. The van der Waals surface area contributed by atoms with E-state index in [4.69, 9.17) is 0 Å². The molecule has 0 saturated heterocycles. The number of nitrogens with one attached hydrogen (secondary N) is 1. The zero-order valence-electron chi connectivity index (χ0n) is 9.05. The second-order valence-electron chi connectivity index (χ2n) is 3.55. The van der Waals surface area contributed by atoms with E-state index in [-0.39, 0.29) is 12.2 Å². The van der Waals surface area contributed by atoms with Crippen LogP contribution < -0.4 is 5.32 Å². The van der Waals surface area contributed by atoms with Crippen LogP contribution in [0.1, 0.15) is 5.69 Å². The largest absolute Gasteiger partial charge is 0.375 e. The number of aromatic nitrogens is 1. The van der Waals surface area contributed by atoms with Crippen LogP contribution in [0.15, 0.2) is 39.4 Å². The molecule has 1 heterocycles. The molecule has 2 aromatic rings. The van der Waals surface area contributed by atoms with Gasteiger partial charge < -0.3 is 5.32 Å². The van der Waals surface area contributed by atoms with Gasteiger partial charge in [-0.2, -0.15) is 0 Å². The second-order valence-corrected chi connectivity index (χ2v) is 5.28. The summed E-state index contributed by atoms with van der Waals surface area (Å²) in [5.74, 6) is -1.28. The van der Waals surface area contributed by atoms with Gasteiger partial charge in [0.2, 0.25) is 0 Å². The Kier molecular flexibility index (Phi) is 4.29. The highest BCUT2D eigenvalue weighted by molar-refractivity contribution is 9.10. The maximum Gasteiger partial charge on any atom is 0.150 e. The molecule has 0 radical (unpaired) electrons. The molecule has 1 N–H and O–H groups in total. The summed E-state index contributed by atoms with van der Waals surface area (Å²) >= 11 is 6.26. The standard InChI is InChI=1S/C12H8Br2F2N2/c13-7-4-9(15)12(10(16)5-7)17-6-8-2-1-3-11(14)18-8/h1-5,17H,6H2. The van der Waals surface area contributed by atoms with Gasteiger partial charge in [0.25, 0.3) is 0 Å². The molecule has 0 aliphatic heterocycles. The van der Waals surface area contributed by atoms with Crippen molar-refractivity contribution in [2.45, 2.75) is 6.54 Å². The fourth-order valence-corrected chi connectivity index (χ4v) is 2.22. The minimum atomic E-state index is -0.642. The quantitative estimate of drug-likeness (QED) is 0.796. The molecular weight excluding hydrogens is 370 g/mol.